The van der Waals surface area contributed by atoms with Gasteiger partial charge >= 0.3 is 0 Å². The van der Waals surface area contributed by atoms with Crippen LogP contribution in [0.1, 0.15) is 20.8 Å². The lowest BCUT2D eigenvalue weighted by atomic mass is 10.2. The van der Waals surface area contributed by atoms with Crippen LogP contribution in [0.4, 0.5) is 5.69 Å². The first-order valence-electron chi connectivity index (χ1n) is 8.35. The molecule has 0 aliphatic carbocycles. The van der Waals surface area contributed by atoms with Crippen LogP contribution in [0.5, 0.6) is 17.2 Å². The minimum absolute atomic E-state index is 0.0246. The van der Waals surface area contributed by atoms with Crippen molar-refractivity contribution in [1.82, 2.24) is 0 Å². The number of methoxy groups -OCH3 is 1. The fourth-order valence-corrected chi connectivity index (χ4v) is 2.18. The van der Waals surface area contributed by atoms with E-state index in [-0.39, 0.29) is 6.10 Å². The number of ether oxygens (including phenoxy) is 3. The van der Waals surface area contributed by atoms with E-state index < -0.39 is 0 Å². The Morgan fingerprint density at radius 3 is 2.25 bits per heavy atom. The molecule has 0 aromatic heterocycles. The summed E-state index contributed by atoms with van der Waals surface area (Å²) < 4.78 is 16.9. The van der Waals surface area contributed by atoms with E-state index in [4.69, 9.17) is 14.2 Å². The summed E-state index contributed by atoms with van der Waals surface area (Å²) in [6.45, 7) is 7.71. The lowest BCUT2D eigenvalue weighted by Crippen LogP contribution is -2.23. The van der Waals surface area contributed by atoms with Gasteiger partial charge in [0.15, 0.2) is 0 Å². The zero-order chi connectivity index (χ0) is 17.4. The second kappa shape index (κ2) is 9.06. The van der Waals surface area contributed by atoms with E-state index in [9.17, 15) is 0 Å². The van der Waals surface area contributed by atoms with Crippen molar-refractivity contribution in [1.29, 1.82) is 0 Å². The summed E-state index contributed by atoms with van der Waals surface area (Å²) in [6.07, 6.45) is 0.0246. The Morgan fingerprint density at radius 2 is 1.58 bits per heavy atom. The zero-order valence-electron chi connectivity index (χ0n) is 14.9. The van der Waals surface area contributed by atoms with Gasteiger partial charge < -0.3 is 19.5 Å². The zero-order valence-corrected chi connectivity index (χ0v) is 14.9. The number of anilines is 1. The van der Waals surface area contributed by atoms with Crippen molar-refractivity contribution < 1.29 is 14.2 Å². The Bertz CT molecular complexity index is 611. The van der Waals surface area contributed by atoms with Crippen LogP contribution in [-0.2, 0) is 0 Å². The maximum absolute atomic E-state index is 5.91. The van der Waals surface area contributed by atoms with Gasteiger partial charge in [0.25, 0.3) is 0 Å². The molecule has 0 aliphatic heterocycles. The summed E-state index contributed by atoms with van der Waals surface area (Å²) in [5.74, 6) is 3.03. The molecule has 0 aliphatic rings. The van der Waals surface area contributed by atoms with E-state index in [0.29, 0.717) is 19.1 Å². The second-order valence-corrected chi connectivity index (χ2v) is 6.19. The Labute approximate surface area is 144 Å². The molecule has 0 saturated carbocycles. The van der Waals surface area contributed by atoms with Crippen LogP contribution in [0.2, 0.25) is 0 Å². The summed E-state index contributed by atoms with van der Waals surface area (Å²) >= 11 is 0. The Balaban J connectivity index is 1.87. The van der Waals surface area contributed by atoms with Crippen LogP contribution in [0, 0.1) is 5.92 Å². The number of para-hydroxylation sites is 2. The third-order valence-corrected chi connectivity index (χ3v) is 3.44. The van der Waals surface area contributed by atoms with Gasteiger partial charge in [-0.1, -0.05) is 26.0 Å². The van der Waals surface area contributed by atoms with Gasteiger partial charge in [0, 0.05) is 0 Å². The molecule has 2 rings (SSSR count). The van der Waals surface area contributed by atoms with Gasteiger partial charge in [-0.05, 0) is 49.2 Å². The summed E-state index contributed by atoms with van der Waals surface area (Å²) in [4.78, 5) is 0. The summed E-state index contributed by atoms with van der Waals surface area (Å²) in [6, 6.07) is 15.6. The Kier molecular flexibility index (Phi) is 6.79. The molecule has 1 N–H and O–H groups in total. The van der Waals surface area contributed by atoms with Crippen molar-refractivity contribution in [2.24, 2.45) is 5.92 Å². The van der Waals surface area contributed by atoms with Gasteiger partial charge in [-0.15, -0.1) is 0 Å². The van der Waals surface area contributed by atoms with Crippen LogP contribution in [0.25, 0.3) is 0 Å². The first-order chi connectivity index (χ1) is 11.6. The van der Waals surface area contributed by atoms with Crippen molar-refractivity contribution >= 4 is 5.69 Å². The smallest absolute Gasteiger partial charge is 0.142 e. The van der Waals surface area contributed by atoms with E-state index in [2.05, 4.69) is 19.2 Å². The van der Waals surface area contributed by atoms with Gasteiger partial charge in [0.1, 0.15) is 23.4 Å². The summed E-state index contributed by atoms with van der Waals surface area (Å²) in [7, 11) is 1.65. The normalized spacial score (nSPS) is 11.9. The van der Waals surface area contributed by atoms with Crippen molar-refractivity contribution in [2.75, 3.05) is 25.6 Å². The van der Waals surface area contributed by atoms with Gasteiger partial charge in [0.05, 0.1) is 25.9 Å². The molecule has 0 radical (unpaired) electrons. The minimum Gasteiger partial charge on any atom is -0.497 e. The highest BCUT2D eigenvalue weighted by atomic mass is 16.5. The molecular weight excluding hydrogens is 302 g/mol. The topological polar surface area (TPSA) is 39.7 Å². The van der Waals surface area contributed by atoms with Gasteiger partial charge in [-0.25, -0.2) is 0 Å². The van der Waals surface area contributed by atoms with Crippen LogP contribution < -0.4 is 19.5 Å². The average Bonchev–Trinajstić information content (AvgIpc) is 2.59. The lowest BCUT2D eigenvalue weighted by Gasteiger charge is -2.18. The average molecular weight is 329 g/mol. The maximum atomic E-state index is 5.91. The number of hydrogen-bond acceptors (Lipinski definition) is 4. The van der Waals surface area contributed by atoms with Crippen LogP contribution in [0.3, 0.4) is 0 Å². The third-order valence-electron chi connectivity index (χ3n) is 3.44. The fourth-order valence-electron chi connectivity index (χ4n) is 2.18. The molecule has 0 heterocycles. The molecule has 2 aromatic rings. The molecule has 1 unspecified atom stereocenters. The summed E-state index contributed by atoms with van der Waals surface area (Å²) in [5.41, 5.74) is 0.989. The molecule has 0 saturated heterocycles. The van der Waals surface area contributed by atoms with Crippen LogP contribution >= 0.6 is 0 Å². The predicted molar refractivity (Wildman–Crippen MR) is 98.3 cm³/mol. The lowest BCUT2D eigenvalue weighted by molar-refractivity contribution is 0.234. The monoisotopic (exact) mass is 329 g/mol. The maximum Gasteiger partial charge on any atom is 0.142 e. The standard InChI is InChI=1S/C20H27NO3/c1-15(2)14-23-20-8-6-5-7-19(20)21-13-16(3)24-18-11-9-17(22-4)10-12-18/h5-12,15-16,21H,13-14H2,1-4H3. The number of rotatable bonds is 9. The molecule has 2 aromatic carbocycles. The molecule has 0 fully saturated rings. The van der Waals surface area contributed by atoms with E-state index >= 15 is 0 Å². The highest BCUT2D eigenvalue weighted by molar-refractivity contribution is 5.56. The molecule has 130 valence electrons. The third kappa shape index (κ3) is 5.69. The summed E-state index contributed by atoms with van der Waals surface area (Å²) in [5, 5.41) is 3.40. The number of hydrogen-bond donors (Lipinski definition) is 1. The molecule has 0 amide bonds. The molecular formula is C20H27NO3. The van der Waals surface area contributed by atoms with Crippen molar-refractivity contribution in [3.05, 3.63) is 48.5 Å². The number of benzene rings is 2. The Hall–Kier alpha value is -2.36. The van der Waals surface area contributed by atoms with E-state index in [1.807, 2.05) is 55.5 Å². The van der Waals surface area contributed by atoms with Gasteiger partial charge in [0.2, 0.25) is 0 Å². The molecule has 24 heavy (non-hydrogen) atoms. The van der Waals surface area contributed by atoms with Crippen LogP contribution in [0.15, 0.2) is 48.5 Å². The van der Waals surface area contributed by atoms with E-state index in [1.54, 1.807) is 7.11 Å². The molecule has 1 atom stereocenters. The van der Waals surface area contributed by atoms with Gasteiger partial charge in [-0.2, -0.15) is 0 Å². The molecule has 0 bridgehead atoms. The van der Waals surface area contributed by atoms with Crippen LogP contribution in [-0.4, -0.2) is 26.4 Å². The highest BCUT2D eigenvalue weighted by Gasteiger charge is 2.08. The Morgan fingerprint density at radius 1 is 0.917 bits per heavy atom. The van der Waals surface area contributed by atoms with Crippen molar-refractivity contribution in [3.63, 3.8) is 0 Å². The quantitative estimate of drug-likeness (QED) is 0.729. The molecule has 0 spiro atoms. The fraction of sp³-hybridized carbons (Fsp3) is 0.400. The van der Waals surface area contributed by atoms with E-state index in [0.717, 1.165) is 22.9 Å². The minimum atomic E-state index is 0.0246. The largest absolute Gasteiger partial charge is 0.497 e. The predicted octanol–water partition coefficient (Wildman–Crippen LogP) is 4.61. The first-order valence-corrected chi connectivity index (χ1v) is 8.35. The first kappa shape index (κ1) is 18.0. The van der Waals surface area contributed by atoms with E-state index in [1.165, 1.54) is 0 Å². The van der Waals surface area contributed by atoms with Gasteiger partial charge in [-0.3, -0.25) is 0 Å². The SMILES string of the molecule is COc1ccc(OC(C)CNc2ccccc2OCC(C)C)cc1. The second-order valence-electron chi connectivity index (χ2n) is 6.19. The van der Waals surface area contributed by atoms with Crippen molar-refractivity contribution in [3.8, 4) is 17.2 Å². The highest BCUT2D eigenvalue weighted by Crippen LogP contribution is 2.24. The number of nitrogens with one attached hydrogen (secondary N) is 1. The molecule has 4 heteroatoms. The molecule has 4 nitrogen and oxygen atoms in total. The van der Waals surface area contributed by atoms with Crippen molar-refractivity contribution in [2.45, 2.75) is 26.9 Å².